The topological polar surface area (TPSA) is 46.2 Å². The smallest absolute Gasteiger partial charge is 0.261 e. The van der Waals surface area contributed by atoms with E-state index in [0.717, 1.165) is 10.0 Å². The standard InChI is InChI=1S/C13H12BrNO2S/c1-10-2-8-13(9-3-10)18(16,17)15-12-6-4-11(14)5-7-12/h2-9,15H,1H3. The summed E-state index contributed by atoms with van der Waals surface area (Å²) < 4.78 is 27.6. The lowest BCUT2D eigenvalue weighted by molar-refractivity contribution is 0.601. The largest absolute Gasteiger partial charge is 0.280 e. The summed E-state index contributed by atoms with van der Waals surface area (Å²) in [4.78, 5) is 0.260. The summed E-state index contributed by atoms with van der Waals surface area (Å²) >= 11 is 3.30. The second-order valence-corrected chi connectivity index (χ2v) is 6.52. The van der Waals surface area contributed by atoms with Crippen LogP contribution in [0.1, 0.15) is 5.56 Å². The van der Waals surface area contributed by atoms with Gasteiger partial charge in [0.05, 0.1) is 4.90 Å². The quantitative estimate of drug-likeness (QED) is 0.937. The van der Waals surface area contributed by atoms with Crippen LogP contribution in [0.25, 0.3) is 0 Å². The molecule has 0 radical (unpaired) electrons. The van der Waals surface area contributed by atoms with Crippen LogP contribution in [0.15, 0.2) is 57.9 Å². The molecule has 0 saturated carbocycles. The number of nitrogens with one attached hydrogen (secondary N) is 1. The SMILES string of the molecule is Cc1ccc(S(=O)(=O)Nc2ccc(Br)cc2)cc1. The van der Waals surface area contributed by atoms with Gasteiger partial charge in [0.15, 0.2) is 0 Å². The van der Waals surface area contributed by atoms with E-state index >= 15 is 0 Å². The predicted octanol–water partition coefficient (Wildman–Crippen LogP) is 3.56. The summed E-state index contributed by atoms with van der Waals surface area (Å²) in [6.45, 7) is 1.92. The normalized spacial score (nSPS) is 11.2. The highest BCUT2D eigenvalue weighted by Crippen LogP contribution is 2.18. The number of rotatable bonds is 3. The van der Waals surface area contributed by atoms with Gasteiger partial charge in [-0.25, -0.2) is 8.42 Å². The Kier molecular flexibility index (Phi) is 3.73. The third kappa shape index (κ3) is 3.11. The first kappa shape index (κ1) is 13.1. The van der Waals surface area contributed by atoms with Gasteiger partial charge < -0.3 is 0 Å². The molecule has 0 aromatic heterocycles. The molecule has 0 bridgehead atoms. The van der Waals surface area contributed by atoms with E-state index < -0.39 is 10.0 Å². The van der Waals surface area contributed by atoms with Crippen LogP contribution in [0.2, 0.25) is 0 Å². The van der Waals surface area contributed by atoms with E-state index in [-0.39, 0.29) is 4.90 Å². The second kappa shape index (κ2) is 5.12. The maximum absolute atomic E-state index is 12.1. The van der Waals surface area contributed by atoms with Gasteiger partial charge in [0.1, 0.15) is 0 Å². The van der Waals surface area contributed by atoms with Gasteiger partial charge in [0.25, 0.3) is 10.0 Å². The van der Waals surface area contributed by atoms with Crippen molar-refractivity contribution in [1.29, 1.82) is 0 Å². The molecule has 0 aliphatic carbocycles. The first-order valence-electron chi connectivity index (χ1n) is 5.32. The van der Waals surface area contributed by atoms with Crippen molar-refractivity contribution >= 4 is 31.6 Å². The van der Waals surface area contributed by atoms with E-state index in [4.69, 9.17) is 0 Å². The minimum absolute atomic E-state index is 0.260. The highest BCUT2D eigenvalue weighted by Gasteiger charge is 2.13. The minimum Gasteiger partial charge on any atom is -0.280 e. The van der Waals surface area contributed by atoms with Crippen LogP contribution in [-0.2, 0) is 10.0 Å². The Morgan fingerprint density at radius 1 is 0.944 bits per heavy atom. The fourth-order valence-electron chi connectivity index (χ4n) is 1.45. The van der Waals surface area contributed by atoms with Crippen molar-refractivity contribution in [2.45, 2.75) is 11.8 Å². The summed E-state index contributed by atoms with van der Waals surface area (Å²) in [6.07, 6.45) is 0. The monoisotopic (exact) mass is 325 g/mol. The third-order valence-electron chi connectivity index (χ3n) is 2.43. The Bertz CT molecular complexity index is 634. The van der Waals surface area contributed by atoms with Crippen LogP contribution in [0.4, 0.5) is 5.69 Å². The minimum atomic E-state index is -3.51. The number of benzene rings is 2. The molecule has 0 aliphatic heterocycles. The van der Waals surface area contributed by atoms with Gasteiger partial charge >= 0.3 is 0 Å². The number of halogens is 1. The van der Waals surface area contributed by atoms with Gasteiger partial charge in [0.2, 0.25) is 0 Å². The van der Waals surface area contributed by atoms with Gasteiger partial charge in [0, 0.05) is 10.2 Å². The van der Waals surface area contributed by atoms with Gasteiger partial charge in [-0.3, -0.25) is 4.72 Å². The molecule has 0 fully saturated rings. The Labute approximate surface area is 115 Å². The lowest BCUT2D eigenvalue weighted by Crippen LogP contribution is -2.12. The maximum Gasteiger partial charge on any atom is 0.261 e. The summed E-state index contributed by atoms with van der Waals surface area (Å²) in [5, 5.41) is 0. The molecule has 0 unspecified atom stereocenters. The Morgan fingerprint density at radius 3 is 2.06 bits per heavy atom. The molecule has 2 aromatic rings. The van der Waals surface area contributed by atoms with Crippen molar-refractivity contribution in [1.82, 2.24) is 0 Å². The Balaban J connectivity index is 2.27. The number of hydrogen-bond donors (Lipinski definition) is 1. The molecule has 0 saturated heterocycles. The molecule has 0 amide bonds. The number of anilines is 1. The van der Waals surface area contributed by atoms with Gasteiger partial charge in [-0.05, 0) is 43.3 Å². The van der Waals surface area contributed by atoms with Crippen LogP contribution in [0.5, 0.6) is 0 Å². The van der Waals surface area contributed by atoms with Gasteiger partial charge in [-0.2, -0.15) is 0 Å². The van der Waals surface area contributed by atoms with E-state index in [1.165, 1.54) is 0 Å². The predicted molar refractivity (Wildman–Crippen MR) is 76.1 cm³/mol. The van der Waals surface area contributed by atoms with Crippen molar-refractivity contribution in [3.63, 3.8) is 0 Å². The van der Waals surface area contributed by atoms with E-state index in [2.05, 4.69) is 20.7 Å². The number of hydrogen-bond acceptors (Lipinski definition) is 2. The highest BCUT2D eigenvalue weighted by molar-refractivity contribution is 9.10. The third-order valence-corrected chi connectivity index (χ3v) is 4.35. The molecule has 0 heterocycles. The zero-order valence-corrected chi connectivity index (χ0v) is 12.1. The van der Waals surface area contributed by atoms with Gasteiger partial charge in [-0.1, -0.05) is 33.6 Å². The van der Waals surface area contributed by atoms with E-state index in [1.54, 1.807) is 48.5 Å². The molecule has 0 aliphatic rings. The van der Waals surface area contributed by atoms with Crippen molar-refractivity contribution in [2.75, 3.05) is 4.72 Å². The van der Waals surface area contributed by atoms with Crippen LogP contribution >= 0.6 is 15.9 Å². The molecule has 2 aromatic carbocycles. The Morgan fingerprint density at radius 2 is 1.50 bits per heavy atom. The van der Waals surface area contributed by atoms with E-state index in [9.17, 15) is 8.42 Å². The second-order valence-electron chi connectivity index (χ2n) is 3.93. The molecule has 0 atom stereocenters. The first-order chi connectivity index (χ1) is 8.47. The molecule has 18 heavy (non-hydrogen) atoms. The average molecular weight is 326 g/mol. The van der Waals surface area contributed by atoms with Crippen LogP contribution in [0, 0.1) is 6.92 Å². The first-order valence-corrected chi connectivity index (χ1v) is 7.60. The average Bonchev–Trinajstić information content (AvgIpc) is 2.32. The molecule has 3 nitrogen and oxygen atoms in total. The number of aryl methyl sites for hydroxylation is 1. The summed E-state index contributed by atoms with van der Waals surface area (Å²) in [7, 11) is -3.51. The Hall–Kier alpha value is -1.33. The van der Waals surface area contributed by atoms with E-state index in [1.807, 2.05) is 6.92 Å². The van der Waals surface area contributed by atoms with E-state index in [0.29, 0.717) is 5.69 Å². The van der Waals surface area contributed by atoms with Crippen molar-refractivity contribution in [3.8, 4) is 0 Å². The lowest BCUT2D eigenvalue weighted by Gasteiger charge is -2.08. The molecule has 0 spiro atoms. The summed E-state index contributed by atoms with van der Waals surface area (Å²) in [6, 6.07) is 13.7. The molecular weight excluding hydrogens is 314 g/mol. The van der Waals surface area contributed by atoms with Crippen LogP contribution in [0.3, 0.4) is 0 Å². The summed E-state index contributed by atoms with van der Waals surface area (Å²) in [5.74, 6) is 0. The molecule has 5 heteroatoms. The molecular formula is C13H12BrNO2S. The molecule has 1 N–H and O–H groups in total. The zero-order valence-electron chi connectivity index (χ0n) is 9.72. The molecule has 94 valence electrons. The van der Waals surface area contributed by atoms with Crippen molar-refractivity contribution in [2.24, 2.45) is 0 Å². The highest BCUT2D eigenvalue weighted by atomic mass is 79.9. The summed E-state index contributed by atoms with van der Waals surface area (Å²) in [5.41, 5.74) is 1.57. The fourth-order valence-corrected chi connectivity index (χ4v) is 2.77. The zero-order chi connectivity index (χ0) is 13.2. The lowest BCUT2D eigenvalue weighted by atomic mass is 10.2. The van der Waals surface area contributed by atoms with Crippen molar-refractivity contribution in [3.05, 3.63) is 58.6 Å². The van der Waals surface area contributed by atoms with Crippen molar-refractivity contribution < 1.29 is 8.42 Å². The fraction of sp³-hybridized carbons (Fsp3) is 0.0769. The molecule has 2 rings (SSSR count). The van der Waals surface area contributed by atoms with Gasteiger partial charge in [-0.15, -0.1) is 0 Å². The maximum atomic E-state index is 12.1. The van der Waals surface area contributed by atoms with Crippen LogP contribution in [-0.4, -0.2) is 8.42 Å². The van der Waals surface area contributed by atoms with Crippen LogP contribution < -0.4 is 4.72 Å². The number of sulfonamides is 1.